The minimum Gasteiger partial charge on any atom is -0.306 e. The molecule has 0 aliphatic heterocycles. The maximum atomic E-state index is 12.5. The van der Waals surface area contributed by atoms with Crippen LogP contribution in [0.1, 0.15) is 42.7 Å². The Hall–Kier alpha value is -1.03. The molecule has 19 heavy (non-hydrogen) atoms. The summed E-state index contributed by atoms with van der Waals surface area (Å²) in [4.78, 5) is 2.22. The molecule has 106 valence electrons. The number of rotatable bonds is 2. The van der Waals surface area contributed by atoms with Gasteiger partial charge in [-0.05, 0) is 57.0 Å². The normalized spacial score (nSPS) is 24.7. The van der Waals surface area contributed by atoms with Crippen LogP contribution in [0.3, 0.4) is 0 Å². The summed E-state index contributed by atoms with van der Waals surface area (Å²) in [6.07, 6.45) is 0.212. The summed E-state index contributed by atoms with van der Waals surface area (Å²) < 4.78 is 37.6. The molecule has 2 atom stereocenters. The van der Waals surface area contributed by atoms with E-state index in [4.69, 9.17) is 0 Å². The zero-order valence-electron chi connectivity index (χ0n) is 11.4. The van der Waals surface area contributed by atoms with E-state index in [1.54, 1.807) is 12.1 Å². The summed E-state index contributed by atoms with van der Waals surface area (Å²) in [5, 5.41) is 0. The summed E-state index contributed by atoms with van der Waals surface area (Å²) >= 11 is 0. The SMILES string of the molecule is CN(C)C1CCCC(c2ccc(C(F)(F)F)cc2)C1. The van der Waals surface area contributed by atoms with Crippen LogP contribution in [0.15, 0.2) is 24.3 Å². The fourth-order valence-electron chi connectivity index (χ4n) is 2.88. The number of benzene rings is 1. The van der Waals surface area contributed by atoms with Gasteiger partial charge in [0.25, 0.3) is 0 Å². The maximum Gasteiger partial charge on any atom is 0.416 e. The van der Waals surface area contributed by atoms with Gasteiger partial charge in [0.05, 0.1) is 5.56 Å². The lowest BCUT2D eigenvalue weighted by atomic mass is 9.81. The van der Waals surface area contributed by atoms with Gasteiger partial charge in [0, 0.05) is 6.04 Å². The van der Waals surface area contributed by atoms with E-state index in [0.717, 1.165) is 24.8 Å². The van der Waals surface area contributed by atoms with Crippen LogP contribution >= 0.6 is 0 Å². The number of hydrogen-bond acceptors (Lipinski definition) is 1. The molecule has 1 aliphatic rings. The Balaban J connectivity index is 2.10. The van der Waals surface area contributed by atoms with Gasteiger partial charge in [0.2, 0.25) is 0 Å². The lowest BCUT2D eigenvalue weighted by Gasteiger charge is -2.33. The quantitative estimate of drug-likeness (QED) is 0.775. The highest BCUT2D eigenvalue weighted by Gasteiger charge is 2.31. The molecule has 0 heterocycles. The zero-order chi connectivity index (χ0) is 14.0. The second-order valence-electron chi connectivity index (χ2n) is 5.60. The van der Waals surface area contributed by atoms with Crippen molar-refractivity contribution in [2.75, 3.05) is 14.1 Å². The van der Waals surface area contributed by atoms with Gasteiger partial charge in [0.15, 0.2) is 0 Å². The van der Waals surface area contributed by atoms with Gasteiger partial charge in [0.1, 0.15) is 0 Å². The van der Waals surface area contributed by atoms with E-state index in [1.165, 1.54) is 18.6 Å². The average molecular weight is 271 g/mol. The largest absolute Gasteiger partial charge is 0.416 e. The van der Waals surface area contributed by atoms with E-state index in [9.17, 15) is 13.2 Å². The molecule has 2 rings (SSSR count). The van der Waals surface area contributed by atoms with E-state index in [0.29, 0.717) is 12.0 Å². The van der Waals surface area contributed by atoms with Crippen LogP contribution < -0.4 is 0 Å². The van der Waals surface area contributed by atoms with Gasteiger partial charge in [-0.3, -0.25) is 0 Å². The smallest absolute Gasteiger partial charge is 0.306 e. The second-order valence-corrected chi connectivity index (χ2v) is 5.60. The Morgan fingerprint density at radius 2 is 1.68 bits per heavy atom. The van der Waals surface area contributed by atoms with Crippen molar-refractivity contribution in [2.45, 2.75) is 43.8 Å². The molecule has 0 amide bonds. The van der Waals surface area contributed by atoms with Crippen LogP contribution in [0.5, 0.6) is 0 Å². The van der Waals surface area contributed by atoms with Crippen molar-refractivity contribution in [3.05, 3.63) is 35.4 Å². The molecule has 0 bridgehead atoms. The Kier molecular flexibility index (Phi) is 4.19. The lowest BCUT2D eigenvalue weighted by Crippen LogP contribution is -2.32. The molecule has 4 heteroatoms. The molecule has 1 nitrogen and oxygen atoms in total. The molecular weight excluding hydrogens is 251 g/mol. The topological polar surface area (TPSA) is 3.24 Å². The molecule has 0 radical (unpaired) electrons. The van der Waals surface area contributed by atoms with E-state index in [1.807, 2.05) is 0 Å². The number of nitrogens with zero attached hydrogens (tertiary/aromatic N) is 1. The van der Waals surface area contributed by atoms with Crippen LogP contribution in [-0.2, 0) is 6.18 Å². The first-order valence-electron chi connectivity index (χ1n) is 6.71. The van der Waals surface area contributed by atoms with Gasteiger partial charge < -0.3 is 4.90 Å². The Bertz CT molecular complexity index is 408. The predicted molar refractivity (Wildman–Crippen MR) is 70.1 cm³/mol. The highest BCUT2D eigenvalue weighted by Crippen LogP contribution is 2.36. The Morgan fingerprint density at radius 1 is 1.05 bits per heavy atom. The third-order valence-corrected chi connectivity index (χ3v) is 4.09. The fourth-order valence-corrected chi connectivity index (χ4v) is 2.88. The van der Waals surface area contributed by atoms with Gasteiger partial charge in [-0.2, -0.15) is 13.2 Å². The molecule has 1 saturated carbocycles. The molecule has 1 aromatic carbocycles. The van der Waals surface area contributed by atoms with Gasteiger partial charge in [-0.25, -0.2) is 0 Å². The number of hydrogen-bond donors (Lipinski definition) is 0. The van der Waals surface area contributed by atoms with Crippen molar-refractivity contribution in [1.29, 1.82) is 0 Å². The molecule has 0 saturated heterocycles. The molecular formula is C15H20F3N. The fraction of sp³-hybridized carbons (Fsp3) is 0.600. The molecule has 0 aromatic heterocycles. The van der Waals surface area contributed by atoms with Crippen LogP contribution in [0, 0.1) is 0 Å². The van der Waals surface area contributed by atoms with Crippen molar-refractivity contribution in [3.63, 3.8) is 0 Å². The van der Waals surface area contributed by atoms with Gasteiger partial charge in [-0.15, -0.1) is 0 Å². The van der Waals surface area contributed by atoms with Crippen molar-refractivity contribution in [2.24, 2.45) is 0 Å². The number of halogens is 3. The summed E-state index contributed by atoms with van der Waals surface area (Å²) in [5.41, 5.74) is 0.482. The minimum atomic E-state index is -4.24. The Labute approximate surface area is 112 Å². The summed E-state index contributed by atoms with van der Waals surface area (Å²) in [7, 11) is 4.14. The van der Waals surface area contributed by atoms with Crippen LogP contribution in [-0.4, -0.2) is 25.0 Å². The molecule has 1 aliphatic carbocycles. The van der Waals surface area contributed by atoms with E-state index in [2.05, 4.69) is 19.0 Å². The van der Waals surface area contributed by atoms with E-state index < -0.39 is 11.7 Å². The highest BCUT2D eigenvalue weighted by atomic mass is 19.4. The first-order valence-corrected chi connectivity index (χ1v) is 6.71. The summed E-state index contributed by atoms with van der Waals surface area (Å²) in [6, 6.07) is 6.24. The molecule has 1 fully saturated rings. The maximum absolute atomic E-state index is 12.5. The highest BCUT2D eigenvalue weighted by molar-refractivity contribution is 5.27. The summed E-state index contributed by atoms with van der Waals surface area (Å²) in [5.74, 6) is 0.392. The lowest BCUT2D eigenvalue weighted by molar-refractivity contribution is -0.137. The first kappa shape index (κ1) is 14.4. The third kappa shape index (κ3) is 3.50. The van der Waals surface area contributed by atoms with Crippen molar-refractivity contribution < 1.29 is 13.2 Å². The van der Waals surface area contributed by atoms with Crippen LogP contribution in [0.25, 0.3) is 0 Å². The molecule has 2 unspecified atom stereocenters. The second kappa shape index (κ2) is 5.53. The van der Waals surface area contributed by atoms with Gasteiger partial charge >= 0.3 is 6.18 Å². The monoisotopic (exact) mass is 271 g/mol. The molecule has 1 aromatic rings. The van der Waals surface area contributed by atoms with Crippen molar-refractivity contribution in [1.82, 2.24) is 4.90 Å². The number of alkyl halides is 3. The molecule has 0 N–H and O–H groups in total. The Morgan fingerprint density at radius 3 is 2.21 bits per heavy atom. The average Bonchev–Trinajstić information content (AvgIpc) is 2.38. The van der Waals surface area contributed by atoms with Gasteiger partial charge in [-0.1, -0.05) is 18.6 Å². The van der Waals surface area contributed by atoms with Crippen molar-refractivity contribution in [3.8, 4) is 0 Å². The van der Waals surface area contributed by atoms with E-state index >= 15 is 0 Å². The van der Waals surface area contributed by atoms with E-state index in [-0.39, 0.29) is 0 Å². The third-order valence-electron chi connectivity index (χ3n) is 4.09. The van der Waals surface area contributed by atoms with Crippen LogP contribution in [0.2, 0.25) is 0 Å². The molecule has 0 spiro atoms. The standard InChI is InChI=1S/C15H20F3N/c1-19(2)14-5-3-4-12(10-14)11-6-8-13(9-7-11)15(16,17)18/h6-9,12,14H,3-5,10H2,1-2H3. The minimum absolute atomic E-state index is 0.392. The predicted octanol–water partition coefficient (Wildman–Crippen LogP) is 4.29. The van der Waals surface area contributed by atoms with Crippen LogP contribution in [0.4, 0.5) is 13.2 Å². The first-order chi connectivity index (χ1) is 8.88. The zero-order valence-corrected chi connectivity index (χ0v) is 11.4. The summed E-state index contributed by atoms with van der Waals surface area (Å²) in [6.45, 7) is 0. The van der Waals surface area contributed by atoms with Crippen molar-refractivity contribution >= 4 is 0 Å².